The normalized spacial score (nSPS) is 18.9. The van der Waals surface area contributed by atoms with E-state index in [1.807, 2.05) is 12.4 Å². The van der Waals surface area contributed by atoms with Crippen LogP contribution in [0.15, 0.2) is 30.7 Å². The van der Waals surface area contributed by atoms with Gasteiger partial charge in [0.1, 0.15) is 5.82 Å². The number of nitrogens with zero attached hydrogens (tertiary/aromatic N) is 4. The van der Waals surface area contributed by atoms with Gasteiger partial charge in [0.15, 0.2) is 0 Å². The number of rotatable bonds is 6. The number of aromatic nitrogens is 3. The van der Waals surface area contributed by atoms with Crippen LogP contribution in [-0.2, 0) is 13.0 Å². The van der Waals surface area contributed by atoms with Crippen molar-refractivity contribution in [1.82, 2.24) is 19.4 Å². The molecule has 2 aromatic rings. The number of hydrogen-bond donors (Lipinski definition) is 0. The fourth-order valence-corrected chi connectivity index (χ4v) is 3.64. The smallest absolute Gasteiger partial charge is 0.123 e. The summed E-state index contributed by atoms with van der Waals surface area (Å²) in [4.78, 5) is 11.5. The summed E-state index contributed by atoms with van der Waals surface area (Å²) in [6, 6.07) is 5.52. The molecule has 0 bridgehead atoms. The number of aryl methyl sites for hydroxylation is 2. The highest BCUT2D eigenvalue weighted by atomic mass is 15.2. The third kappa shape index (κ3) is 3.99. The van der Waals surface area contributed by atoms with Crippen LogP contribution < -0.4 is 0 Å². The van der Waals surface area contributed by atoms with Crippen molar-refractivity contribution < 1.29 is 0 Å². The lowest BCUT2D eigenvalue weighted by molar-refractivity contribution is 0.225. The molecule has 0 saturated carbocycles. The summed E-state index contributed by atoms with van der Waals surface area (Å²) in [6.07, 6.45) is 10.9. The zero-order valence-corrected chi connectivity index (χ0v) is 14.6. The Morgan fingerprint density at radius 1 is 1.26 bits per heavy atom. The molecule has 4 heteroatoms. The van der Waals surface area contributed by atoms with Gasteiger partial charge in [0, 0.05) is 36.4 Å². The van der Waals surface area contributed by atoms with Gasteiger partial charge in [-0.15, -0.1) is 0 Å². The van der Waals surface area contributed by atoms with Crippen LogP contribution in [0.2, 0.25) is 0 Å². The van der Waals surface area contributed by atoms with Crippen LogP contribution in [0.5, 0.6) is 0 Å². The van der Waals surface area contributed by atoms with Gasteiger partial charge in [0.25, 0.3) is 0 Å². The predicted molar refractivity (Wildman–Crippen MR) is 93.3 cm³/mol. The molecule has 0 N–H and O–H groups in total. The van der Waals surface area contributed by atoms with E-state index < -0.39 is 0 Å². The Morgan fingerprint density at radius 3 is 2.91 bits per heavy atom. The van der Waals surface area contributed by atoms with Gasteiger partial charge in [0.05, 0.1) is 6.54 Å². The van der Waals surface area contributed by atoms with Gasteiger partial charge in [-0.3, -0.25) is 9.88 Å². The summed E-state index contributed by atoms with van der Waals surface area (Å²) in [5.74, 6) is 1.20. The van der Waals surface area contributed by atoms with Crippen LogP contribution in [0.4, 0.5) is 0 Å². The molecule has 0 aliphatic carbocycles. The van der Waals surface area contributed by atoms with Crippen molar-refractivity contribution in [3.63, 3.8) is 0 Å². The highest BCUT2D eigenvalue weighted by Gasteiger charge is 2.25. The first-order chi connectivity index (χ1) is 11.1. The molecule has 2 aromatic heterocycles. The number of hydrogen-bond acceptors (Lipinski definition) is 3. The van der Waals surface area contributed by atoms with E-state index in [9.17, 15) is 0 Å². The number of imidazole rings is 1. The predicted octanol–water partition coefficient (Wildman–Crippen LogP) is 3.76. The second-order valence-corrected chi connectivity index (χ2v) is 6.96. The van der Waals surface area contributed by atoms with Gasteiger partial charge in [-0.2, -0.15) is 0 Å². The molecule has 3 heterocycles. The maximum absolute atomic E-state index is 4.58. The van der Waals surface area contributed by atoms with Crippen molar-refractivity contribution in [2.24, 2.45) is 0 Å². The third-order valence-electron chi connectivity index (χ3n) is 4.88. The molecule has 0 amide bonds. The molecule has 1 aliphatic rings. The fourth-order valence-electron chi connectivity index (χ4n) is 3.64. The average molecular weight is 312 g/mol. The summed E-state index contributed by atoms with van der Waals surface area (Å²) in [5, 5.41) is 0. The maximum Gasteiger partial charge on any atom is 0.123 e. The van der Waals surface area contributed by atoms with Gasteiger partial charge in [-0.25, -0.2) is 4.98 Å². The minimum atomic E-state index is 0.480. The van der Waals surface area contributed by atoms with E-state index in [4.69, 9.17) is 0 Å². The monoisotopic (exact) mass is 312 g/mol. The first-order valence-electron chi connectivity index (χ1n) is 8.81. The van der Waals surface area contributed by atoms with Gasteiger partial charge >= 0.3 is 0 Å². The SMILES string of the molecule is Cc1cc(CC[C@@H]2CCCN2Cc2nccn2C(C)C)ccn1. The molecule has 124 valence electrons. The van der Waals surface area contributed by atoms with Crippen LogP contribution in [-0.4, -0.2) is 32.0 Å². The van der Waals surface area contributed by atoms with Gasteiger partial charge in [-0.1, -0.05) is 0 Å². The van der Waals surface area contributed by atoms with Crippen LogP contribution >= 0.6 is 0 Å². The molecule has 23 heavy (non-hydrogen) atoms. The average Bonchev–Trinajstić information content (AvgIpc) is 3.15. The van der Waals surface area contributed by atoms with Crippen molar-refractivity contribution in [3.05, 3.63) is 47.8 Å². The molecular formula is C19H28N4. The van der Waals surface area contributed by atoms with Gasteiger partial charge in [0.2, 0.25) is 0 Å². The Labute approximate surface area is 139 Å². The fraction of sp³-hybridized carbons (Fsp3) is 0.579. The molecule has 3 rings (SSSR count). The molecule has 0 spiro atoms. The molecule has 0 radical (unpaired) electrons. The highest BCUT2D eigenvalue weighted by Crippen LogP contribution is 2.24. The Morgan fingerprint density at radius 2 is 2.13 bits per heavy atom. The molecule has 0 unspecified atom stereocenters. The van der Waals surface area contributed by atoms with Crippen LogP contribution in [0.25, 0.3) is 0 Å². The summed E-state index contributed by atoms with van der Waals surface area (Å²) >= 11 is 0. The lowest BCUT2D eigenvalue weighted by Gasteiger charge is -2.25. The summed E-state index contributed by atoms with van der Waals surface area (Å²) < 4.78 is 2.29. The molecule has 1 atom stereocenters. The van der Waals surface area contributed by atoms with Crippen LogP contribution in [0.3, 0.4) is 0 Å². The Hall–Kier alpha value is -1.68. The van der Waals surface area contributed by atoms with E-state index in [2.05, 4.69) is 58.5 Å². The van der Waals surface area contributed by atoms with Crippen molar-refractivity contribution in [2.45, 2.75) is 65.1 Å². The van der Waals surface area contributed by atoms with Crippen LogP contribution in [0.1, 0.15) is 56.2 Å². The topological polar surface area (TPSA) is 34.0 Å². The Balaban J connectivity index is 1.60. The van der Waals surface area contributed by atoms with E-state index in [0.717, 1.165) is 18.7 Å². The number of pyridine rings is 1. The molecule has 1 aliphatic heterocycles. The van der Waals surface area contributed by atoms with E-state index in [0.29, 0.717) is 12.1 Å². The standard InChI is InChI=1S/C19H28N4/c1-15(2)23-12-10-21-19(23)14-22-11-4-5-18(22)7-6-17-8-9-20-16(3)13-17/h8-10,12-13,15,18H,4-7,11,14H2,1-3H3/t18-/m0/s1. The second kappa shape index (κ2) is 7.26. The second-order valence-electron chi connectivity index (χ2n) is 6.96. The highest BCUT2D eigenvalue weighted by molar-refractivity contribution is 5.15. The van der Waals surface area contributed by atoms with Crippen LogP contribution in [0, 0.1) is 6.92 Å². The quantitative estimate of drug-likeness (QED) is 0.814. The van der Waals surface area contributed by atoms with Crippen molar-refractivity contribution >= 4 is 0 Å². The minimum absolute atomic E-state index is 0.480. The van der Waals surface area contributed by atoms with Gasteiger partial charge in [-0.05, 0) is 70.7 Å². The first kappa shape index (κ1) is 16.2. The zero-order valence-electron chi connectivity index (χ0n) is 14.6. The third-order valence-corrected chi connectivity index (χ3v) is 4.88. The first-order valence-corrected chi connectivity index (χ1v) is 8.81. The van der Waals surface area contributed by atoms with E-state index in [1.165, 1.54) is 37.2 Å². The Bertz CT molecular complexity index is 632. The van der Waals surface area contributed by atoms with Gasteiger partial charge < -0.3 is 4.57 Å². The zero-order chi connectivity index (χ0) is 16.2. The molecule has 1 saturated heterocycles. The summed E-state index contributed by atoms with van der Waals surface area (Å²) in [5.41, 5.74) is 2.53. The lowest BCUT2D eigenvalue weighted by atomic mass is 10.0. The summed E-state index contributed by atoms with van der Waals surface area (Å²) in [7, 11) is 0. The van der Waals surface area contributed by atoms with Crippen molar-refractivity contribution in [2.75, 3.05) is 6.54 Å². The minimum Gasteiger partial charge on any atom is -0.331 e. The molecular weight excluding hydrogens is 284 g/mol. The summed E-state index contributed by atoms with van der Waals surface area (Å²) in [6.45, 7) is 8.68. The maximum atomic E-state index is 4.58. The lowest BCUT2D eigenvalue weighted by Crippen LogP contribution is -2.30. The van der Waals surface area contributed by atoms with E-state index in [-0.39, 0.29) is 0 Å². The molecule has 0 aromatic carbocycles. The van der Waals surface area contributed by atoms with Crippen molar-refractivity contribution in [1.29, 1.82) is 0 Å². The van der Waals surface area contributed by atoms with E-state index >= 15 is 0 Å². The molecule has 4 nitrogen and oxygen atoms in total. The number of likely N-dealkylation sites (tertiary alicyclic amines) is 1. The molecule has 1 fully saturated rings. The van der Waals surface area contributed by atoms with E-state index in [1.54, 1.807) is 0 Å². The Kier molecular flexibility index (Phi) is 5.11. The largest absolute Gasteiger partial charge is 0.331 e. The van der Waals surface area contributed by atoms with Crippen molar-refractivity contribution in [3.8, 4) is 0 Å².